The molecule has 1 fully saturated rings. The van der Waals surface area contributed by atoms with Crippen LogP contribution in [0.4, 0.5) is 4.79 Å². The third-order valence-corrected chi connectivity index (χ3v) is 4.39. The number of rotatable bonds is 5. The van der Waals surface area contributed by atoms with Gasteiger partial charge in [0, 0.05) is 24.6 Å². The first-order valence-electron chi connectivity index (χ1n) is 7.31. The minimum absolute atomic E-state index is 0.0443. The second-order valence-corrected chi connectivity index (χ2v) is 6.25. The highest BCUT2D eigenvalue weighted by molar-refractivity contribution is 6.30. The number of hydrogen-bond acceptors (Lipinski definition) is 3. The number of amides is 1. The van der Waals surface area contributed by atoms with E-state index in [2.05, 4.69) is 0 Å². The van der Waals surface area contributed by atoms with Crippen LogP contribution in [0, 0.1) is 0 Å². The zero-order chi connectivity index (χ0) is 15.5. The van der Waals surface area contributed by atoms with Crippen LogP contribution in [0.1, 0.15) is 44.7 Å². The average molecular weight is 312 g/mol. The quantitative estimate of drug-likeness (QED) is 0.900. The Bertz CT molecular complexity index is 491. The van der Waals surface area contributed by atoms with Gasteiger partial charge in [0.05, 0.1) is 6.04 Å². The molecule has 0 aliphatic carbocycles. The van der Waals surface area contributed by atoms with Gasteiger partial charge in [0.15, 0.2) is 0 Å². The fourth-order valence-electron chi connectivity index (χ4n) is 2.67. The Morgan fingerprint density at radius 2 is 2.10 bits per heavy atom. The monoisotopic (exact) mass is 311 g/mol. The van der Waals surface area contributed by atoms with Crippen molar-refractivity contribution >= 4 is 17.7 Å². The molecule has 1 N–H and O–H groups in total. The van der Waals surface area contributed by atoms with Crippen molar-refractivity contribution in [2.45, 2.75) is 44.8 Å². The molecule has 2 atom stereocenters. The van der Waals surface area contributed by atoms with E-state index in [4.69, 9.17) is 21.4 Å². The molecular weight excluding hydrogens is 290 g/mol. The highest BCUT2D eigenvalue weighted by atomic mass is 35.5. The molecule has 0 unspecified atom stereocenters. The molecule has 0 aromatic heterocycles. The van der Waals surface area contributed by atoms with Gasteiger partial charge >= 0.3 is 6.09 Å². The minimum atomic E-state index is -0.462. The van der Waals surface area contributed by atoms with Crippen molar-refractivity contribution in [2.24, 2.45) is 0 Å². The number of aliphatic hydroxyl groups excluding tert-OH is 1. The smallest absolute Gasteiger partial charge is 0.410 e. The lowest BCUT2D eigenvalue weighted by Gasteiger charge is -2.41. The number of halogens is 1. The van der Waals surface area contributed by atoms with E-state index in [-0.39, 0.29) is 18.7 Å². The van der Waals surface area contributed by atoms with Gasteiger partial charge in [0.2, 0.25) is 0 Å². The van der Waals surface area contributed by atoms with Crippen LogP contribution in [0.3, 0.4) is 0 Å². The van der Waals surface area contributed by atoms with Gasteiger partial charge in [0.25, 0.3) is 0 Å². The van der Waals surface area contributed by atoms with E-state index < -0.39 is 5.60 Å². The van der Waals surface area contributed by atoms with Crippen molar-refractivity contribution in [1.82, 2.24) is 4.90 Å². The van der Waals surface area contributed by atoms with Crippen molar-refractivity contribution in [3.8, 4) is 0 Å². The minimum Gasteiger partial charge on any atom is -0.443 e. The molecule has 0 saturated carbocycles. The van der Waals surface area contributed by atoms with E-state index in [0.717, 1.165) is 12.0 Å². The lowest BCUT2D eigenvalue weighted by atomic mass is 9.93. The molecule has 21 heavy (non-hydrogen) atoms. The van der Waals surface area contributed by atoms with Gasteiger partial charge in [-0.3, -0.25) is 0 Å². The zero-order valence-electron chi connectivity index (χ0n) is 12.5. The van der Waals surface area contributed by atoms with Gasteiger partial charge in [-0.05, 0) is 44.4 Å². The summed E-state index contributed by atoms with van der Waals surface area (Å²) >= 11 is 5.89. The lowest BCUT2D eigenvalue weighted by Crippen LogP contribution is -2.48. The summed E-state index contributed by atoms with van der Waals surface area (Å²) in [5.41, 5.74) is 0.575. The van der Waals surface area contributed by atoms with Crippen molar-refractivity contribution < 1.29 is 14.6 Å². The largest absolute Gasteiger partial charge is 0.443 e. The van der Waals surface area contributed by atoms with E-state index in [9.17, 15) is 4.79 Å². The fraction of sp³-hybridized carbons (Fsp3) is 0.562. The highest BCUT2D eigenvalue weighted by Gasteiger charge is 2.38. The van der Waals surface area contributed by atoms with Crippen LogP contribution in [0.25, 0.3) is 0 Å². The Kier molecular flexibility index (Phi) is 5.12. The van der Waals surface area contributed by atoms with E-state index in [1.165, 1.54) is 0 Å². The van der Waals surface area contributed by atoms with Crippen LogP contribution < -0.4 is 0 Å². The highest BCUT2D eigenvalue weighted by Crippen LogP contribution is 2.32. The summed E-state index contributed by atoms with van der Waals surface area (Å²) in [6, 6.07) is 7.47. The normalized spacial score (nSPS) is 23.8. The van der Waals surface area contributed by atoms with Crippen molar-refractivity contribution in [2.75, 3.05) is 13.2 Å². The predicted octanol–water partition coefficient (Wildman–Crippen LogP) is 3.77. The van der Waals surface area contributed by atoms with E-state index in [1.54, 1.807) is 4.90 Å². The van der Waals surface area contributed by atoms with Gasteiger partial charge in [-0.25, -0.2) is 4.79 Å². The van der Waals surface area contributed by atoms with E-state index >= 15 is 0 Å². The summed E-state index contributed by atoms with van der Waals surface area (Å²) in [7, 11) is 0. The SMILES string of the molecule is C[C@@H](c1ccc(Cl)cc1)N1CC[C@@](C)(CCCO)OC1=O. The van der Waals surface area contributed by atoms with Crippen LogP contribution in [0.5, 0.6) is 0 Å². The Labute approximate surface area is 130 Å². The van der Waals surface area contributed by atoms with Crippen LogP contribution in [-0.4, -0.2) is 34.9 Å². The number of nitrogens with zero attached hydrogens (tertiary/aromatic N) is 1. The molecule has 0 spiro atoms. The molecule has 1 heterocycles. The molecule has 2 rings (SSSR count). The van der Waals surface area contributed by atoms with Gasteiger partial charge in [-0.2, -0.15) is 0 Å². The summed E-state index contributed by atoms with van der Waals surface area (Å²) in [6.07, 6.45) is 1.83. The molecule has 5 heteroatoms. The average Bonchev–Trinajstić information content (AvgIpc) is 2.45. The number of benzene rings is 1. The Morgan fingerprint density at radius 1 is 1.43 bits per heavy atom. The number of carbonyl (C=O) groups is 1. The molecule has 1 aromatic carbocycles. The maximum atomic E-state index is 12.3. The summed E-state index contributed by atoms with van der Waals surface area (Å²) < 4.78 is 5.60. The first-order chi connectivity index (χ1) is 9.95. The maximum Gasteiger partial charge on any atom is 0.410 e. The molecule has 116 valence electrons. The lowest BCUT2D eigenvalue weighted by molar-refractivity contribution is -0.0521. The summed E-state index contributed by atoms with van der Waals surface area (Å²) in [4.78, 5) is 14.0. The first-order valence-corrected chi connectivity index (χ1v) is 7.69. The summed E-state index contributed by atoms with van der Waals surface area (Å²) in [5, 5.41) is 9.61. The molecular formula is C16H22ClNO3. The first kappa shape index (κ1) is 16.1. The fourth-order valence-corrected chi connectivity index (χ4v) is 2.80. The van der Waals surface area contributed by atoms with Gasteiger partial charge in [0.1, 0.15) is 5.60 Å². The summed E-state index contributed by atoms with van der Waals surface area (Å²) in [6.45, 7) is 4.70. The third kappa shape index (κ3) is 3.89. The molecule has 1 aromatic rings. The molecule has 1 saturated heterocycles. The molecule has 1 aliphatic rings. The van der Waals surface area contributed by atoms with E-state index in [0.29, 0.717) is 24.4 Å². The van der Waals surface area contributed by atoms with Crippen LogP contribution in [0.15, 0.2) is 24.3 Å². The van der Waals surface area contributed by atoms with Crippen molar-refractivity contribution in [3.63, 3.8) is 0 Å². The van der Waals surface area contributed by atoms with Crippen molar-refractivity contribution in [1.29, 1.82) is 0 Å². The molecule has 1 aliphatic heterocycles. The molecule has 1 amide bonds. The van der Waals surface area contributed by atoms with Crippen LogP contribution in [-0.2, 0) is 4.74 Å². The van der Waals surface area contributed by atoms with Gasteiger partial charge < -0.3 is 14.7 Å². The number of carbonyl (C=O) groups excluding carboxylic acids is 1. The van der Waals surface area contributed by atoms with Crippen molar-refractivity contribution in [3.05, 3.63) is 34.9 Å². The number of ether oxygens (including phenoxy) is 1. The Morgan fingerprint density at radius 3 is 2.67 bits per heavy atom. The second-order valence-electron chi connectivity index (χ2n) is 5.82. The van der Waals surface area contributed by atoms with Crippen LogP contribution >= 0.6 is 11.6 Å². The number of aliphatic hydroxyl groups is 1. The molecule has 0 bridgehead atoms. The molecule has 0 radical (unpaired) electrons. The third-order valence-electron chi connectivity index (χ3n) is 4.13. The Hall–Kier alpha value is -1.26. The molecule has 4 nitrogen and oxygen atoms in total. The van der Waals surface area contributed by atoms with Crippen LogP contribution in [0.2, 0.25) is 5.02 Å². The predicted molar refractivity (Wildman–Crippen MR) is 82.4 cm³/mol. The topological polar surface area (TPSA) is 49.8 Å². The number of cyclic esters (lactones) is 1. The Balaban J connectivity index is 2.03. The second kappa shape index (κ2) is 6.67. The number of hydrogen-bond donors (Lipinski definition) is 1. The van der Waals surface area contributed by atoms with E-state index in [1.807, 2.05) is 38.1 Å². The zero-order valence-corrected chi connectivity index (χ0v) is 13.3. The standard InChI is InChI=1S/C16H22ClNO3/c1-12(13-4-6-14(17)7-5-13)18-10-9-16(2,8-3-11-19)21-15(18)20/h4-7,12,19H,3,8-11H2,1-2H3/t12-,16+/m0/s1. The summed E-state index contributed by atoms with van der Waals surface area (Å²) in [5.74, 6) is 0. The van der Waals surface area contributed by atoms with Gasteiger partial charge in [-0.1, -0.05) is 23.7 Å². The van der Waals surface area contributed by atoms with Gasteiger partial charge in [-0.15, -0.1) is 0 Å². The maximum absolute atomic E-state index is 12.3.